The Hall–Kier alpha value is -0.860. The van der Waals surface area contributed by atoms with Crippen molar-refractivity contribution in [2.45, 2.75) is 58.5 Å². The Bertz CT molecular complexity index is 389. The Morgan fingerprint density at radius 3 is 2.46 bits per heavy atom. The molecular weight excluding hydrogens is 323 g/mol. The van der Waals surface area contributed by atoms with Gasteiger partial charge in [-0.1, -0.05) is 0 Å². The van der Waals surface area contributed by atoms with E-state index in [-0.39, 0.29) is 37.7 Å². The molecule has 0 aromatic heterocycles. The van der Waals surface area contributed by atoms with Crippen LogP contribution in [-0.2, 0) is 9.53 Å². The summed E-state index contributed by atoms with van der Waals surface area (Å²) in [6.07, 6.45) is -3.51. The summed E-state index contributed by atoms with van der Waals surface area (Å²) >= 11 is 0. The number of nitrogens with one attached hydrogen (secondary N) is 1. The molecule has 1 heterocycles. The lowest BCUT2D eigenvalue weighted by molar-refractivity contribution is -0.197. The van der Waals surface area contributed by atoms with Gasteiger partial charge < -0.3 is 15.0 Å². The van der Waals surface area contributed by atoms with Crippen LogP contribution in [0.15, 0.2) is 0 Å². The molecule has 142 valence electrons. The zero-order valence-electron chi connectivity index (χ0n) is 15.0. The van der Waals surface area contributed by atoms with E-state index in [1.165, 1.54) is 4.90 Å². The Balaban J connectivity index is 2.53. The van der Waals surface area contributed by atoms with Crippen molar-refractivity contribution < 1.29 is 22.7 Å². The van der Waals surface area contributed by atoms with E-state index in [2.05, 4.69) is 5.32 Å². The van der Waals surface area contributed by atoms with Crippen molar-refractivity contribution >= 4 is 5.91 Å². The van der Waals surface area contributed by atoms with Gasteiger partial charge in [-0.05, 0) is 34.1 Å². The molecule has 5 nitrogen and oxygen atoms in total. The lowest BCUT2D eigenvalue weighted by Gasteiger charge is -2.41. The van der Waals surface area contributed by atoms with Gasteiger partial charge in [-0.25, -0.2) is 0 Å². The minimum absolute atomic E-state index is 0.0796. The Labute approximate surface area is 142 Å². The minimum atomic E-state index is -4.34. The number of carbonyl (C=O) groups is 1. The second-order valence-electron chi connectivity index (χ2n) is 6.82. The molecule has 1 saturated heterocycles. The van der Waals surface area contributed by atoms with Crippen molar-refractivity contribution in [1.82, 2.24) is 15.1 Å². The molecule has 0 spiro atoms. The Morgan fingerprint density at radius 1 is 1.25 bits per heavy atom. The quantitative estimate of drug-likeness (QED) is 0.677. The van der Waals surface area contributed by atoms with Crippen molar-refractivity contribution in [3.8, 4) is 0 Å². The first-order valence-electron chi connectivity index (χ1n) is 8.53. The van der Waals surface area contributed by atoms with Gasteiger partial charge in [-0.3, -0.25) is 9.69 Å². The molecule has 1 atom stereocenters. The number of halogens is 3. The first kappa shape index (κ1) is 21.2. The number of amides is 1. The van der Waals surface area contributed by atoms with Crippen LogP contribution in [0.5, 0.6) is 0 Å². The number of hydrogen-bond donors (Lipinski definition) is 1. The summed E-state index contributed by atoms with van der Waals surface area (Å²) in [7, 11) is 0. The highest BCUT2D eigenvalue weighted by molar-refractivity contribution is 5.78. The first-order valence-corrected chi connectivity index (χ1v) is 8.53. The zero-order chi connectivity index (χ0) is 18.3. The molecule has 0 aliphatic carbocycles. The maximum atomic E-state index is 13.3. The summed E-state index contributed by atoms with van der Waals surface area (Å²) in [5.41, 5.74) is 0. The van der Waals surface area contributed by atoms with E-state index in [0.29, 0.717) is 26.1 Å². The summed E-state index contributed by atoms with van der Waals surface area (Å²) in [5, 5.41) is 2.65. The van der Waals surface area contributed by atoms with Gasteiger partial charge >= 0.3 is 6.18 Å². The van der Waals surface area contributed by atoms with Crippen LogP contribution in [0.3, 0.4) is 0 Å². The molecule has 24 heavy (non-hydrogen) atoms. The maximum absolute atomic E-state index is 13.3. The molecule has 0 aromatic rings. The van der Waals surface area contributed by atoms with Gasteiger partial charge in [-0.2, -0.15) is 13.2 Å². The van der Waals surface area contributed by atoms with Crippen LogP contribution in [0.4, 0.5) is 13.2 Å². The standard InChI is InChI=1S/C16H30F3N3O2/c1-12(2)20-15(23)11-22-8-7-21(6-5-9-24-13(3)4)10-14(22)16(17,18)19/h12-14H,5-11H2,1-4H3,(H,20,23)/t14-/m0/s1. The SMILES string of the molecule is CC(C)NC(=O)CN1CCN(CCCOC(C)C)C[C@H]1C(F)(F)F. The summed E-state index contributed by atoms with van der Waals surface area (Å²) in [4.78, 5) is 14.8. The van der Waals surface area contributed by atoms with Crippen molar-refractivity contribution in [3.05, 3.63) is 0 Å². The third kappa shape index (κ3) is 7.81. The fourth-order valence-electron chi connectivity index (χ4n) is 2.74. The predicted octanol–water partition coefficient (Wildman–Crippen LogP) is 1.87. The third-order valence-corrected chi connectivity index (χ3v) is 3.82. The van der Waals surface area contributed by atoms with Crippen LogP contribution < -0.4 is 5.32 Å². The van der Waals surface area contributed by atoms with Gasteiger partial charge in [0.15, 0.2) is 0 Å². The molecule has 1 fully saturated rings. The van der Waals surface area contributed by atoms with E-state index in [1.807, 2.05) is 13.8 Å². The van der Waals surface area contributed by atoms with Crippen molar-refractivity contribution in [2.24, 2.45) is 0 Å². The average Bonchev–Trinajstić information content (AvgIpc) is 2.42. The molecule has 1 N–H and O–H groups in total. The molecule has 0 saturated carbocycles. The van der Waals surface area contributed by atoms with E-state index in [1.54, 1.807) is 18.7 Å². The van der Waals surface area contributed by atoms with Crippen LogP contribution in [0, 0.1) is 0 Å². The fourth-order valence-corrected chi connectivity index (χ4v) is 2.74. The molecule has 1 aliphatic heterocycles. The second kappa shape index (κ2) is 9.58. The van der Waals surface area contributed by atoms with Gasteiger partial charge in [0.25, 0.3) is 0 Å². The lowest BCUT2D eigenvalue weighted by atomic mass is 10.1. The zero-order valence-corrected chi connectivity index (χ0v) is 15.0. The van der Waals surface area contributed by atoms with E-state index < -0.39 is 12.2 Å². The van der Waals surface area contributed by atoms with Gasteiger partial charge in [0.2, 0.25) is 5.91 Å². The van der Waals surface area contributed by atoms with Gasteiger partial charge in [-0.15, -0.1) is 0 Å². The fraction of sp³-hybridized carbons (Fsp3) is 0.938. The number of ether oxygens (including phenoxy) is 1. The molecule has 1 aliphatic rings. The Morgan fingerprint density at radius 2 is 1.92 bits per heavy atom. The molecule has 1 amide bonds. The lowest BCUT2D eigenvalue weighted by Crippen LogP contribution is -2.60. The number of alkyl halides is 3. The van der Waals surface area contributed by atoms with Crippen LogP contribution in [0.2, 0.25) is 0 Å². The Kier molecular flexibility index (Phi) is 8.45. The predicted molar refractivity (Wildman–Crippen MR) is 86.8 cm³/mol. The molecule has 0 radical (unpaired) electrons. The molecule has 0 bridgehead atoms. The smallest absolute Gasteiger partial charge is 0.379 e. The van der Waals surface area contributed by atoms with E-state index in [0.717, 1.165) is 0 Å². The average molecular weight is 353 g/mol. The topological polar surface area (TPSA) is 44.8 Å². The number of piperazine rings is 1. The molecule has 0 aromatic carbocycles. The molecule has 1 rings (SSSR count). The van der Waals surface area contributed by atoms with E-state index >= 15 is 0 Å². The molecular formula is C16H30F3N3O2. The van der Waals surface area contributed by atoms with E-state index in [4.69, 9.17) is 4.74 Å². The van der Waals surface area contributed by atoms with Crippen LogP contribution in [0.1, 0.15) is 34.1 Å². The minimum Gasteiger partial charge on any atom is -0.379 e. The van der Waals surface area contributed by atoms with Crippen LogP contribution >= 0.6 is 0 Å². The van der Waals surface area contributed by atoms with Crippen molar-refractivity contribution in [1.29, 1.82) is 0 Å². The monoisotopic (exact) mass is 353 g/mol. The highest BCUT2D eigenvalue weighted by atomic mass is 19.4. The van der Waals surface area contributed by atoms with E-state index in [9.17, 15) is 18.0 Å². The normalized spacial score (nSPS) is 20.8. The highest BCUT2D eigenvalue weighted by Gasteiger charge is 2.46. The van der Waals surface area contributed by atoms with Crippen LogP contribution in [-0.4, -0.2) is 79.4 Å². The highest BCUT2D eigenvalue weighted by Crippen LogP contribution is 2.27. The maximum Gasteiger partial charge on any atom is 0.405 e. The summed E-state index contributed by atoms with van der Waals surface area (Å²) in [6.45, 7) is 9.02. The molecule has 8 heteroatoms. The second-order valence-corrected chi connectivity index (χ2v) is 6.82. The van der Waals surface area contributed by atoms with Gasteiger partial charge in [0.05, 0.1) is 12.6 Å². The summed E-state index contributed by atoms with van der Waals surface area (Å²) < 4.78 is 45.5. The first-order chi connectivity index (χ1) is 11.1. The van der Waals surface area contributed by atoms with Gasteiger partial charge in [0.1, 0.15) is 6.04 Å². The number of nitrogens with zero attached hydrogens (tertiary/aromatic N) is 2. The number of hydrogen-bond acceptors (Lipinski definition) is 4. The summed E-state index contributed by atoms with van der Waals surface area (Å²) in [5.74, 6) is -0.363. The van der Waals surface area contributed by atoms with Crippen LogP contribution in [0.25, 0.3) is 0 Å². The number of carbonyl (C=O) groups excluding carboxylic acids is 1. The van der Waals surface area contributed by atoms with Crippen molar-refractivity contribution in [2.75, 3.05) is 39.3 Å². The third-order valence-electron chi connectivity index (χ3n) is 3.82. The van der Waals surface area contributed by atoms with Crippen molar-refractivity contribution in [3.63, 3.8) is 0 Å². The molecule has 0 unspecified atom stereocenters. The number of rotatable bonds is 8. The van der Waals surface area contributed by atoms with Gasteiger partial charge in [0, 0.05) is 38.8 Å². The largest absolute Gasteiger partial charge is 0.405 e. The summed E-state index contributed by atoms with van der Waals surface area (Å²) in [6, 6.07) is -1.68.